The van der Waals surface area contributed by atoms with E-state index in [0.29, 0.717) is 6.42 Å². The van der Waals surface area contributed by atoms with Crippen molar-refractivity contribution in [3.05, 3.63) is 62.8 Å². The molecule has 0 amide bonds. The van der Waals surface area contributed by atoms with Gasteiger partial charge in [0.1, 0.15) is 0 Å². The molecule has 0 radical (unpaired) electrons. The highest BCUT2D eigenvalue weighted by atomic mass is 79.9. The zero-order chi connectivity index (χ0) is 13.8. The van der Waals surface area contributed by atoms with Crippen molar-refractivity contribution in [1.82, 2.24) is 10.4 Å². The molecule has 0 saturated carbocycles. The first-order valence-corrected chi connectivity index (χ1v) is 7.10. The second kappa shape index (κ2) is 6.48. The molecule has 2 rings (SSSR count). The van der Waals surface area contributed by atoms with Gasteiger partial charge >= 0.3 is 0 Å². The first kappa shape index (κ1) is 14.5. The van der Waals surface area contributed by atoms with Gasteiger partial charge in [-0.25, -0.2) is 0 Å². The molecule has 0 bridgehead atoms. The smallest absolute Gasteiger partial charge is 0.0530 e. The lowest BCUT2D eigenvalue weighted by atomic mass is 10.0. The Balaban J connectivity index is 2.25. The number of aryl methyl sites for hydroxylation is 1. The monoisotopic (exact) mass is 339 g/mol. The highest BCUT2D eigenvalue weighted by Crippen LogP contribution is 2.27. The van der Waals surface area contributed by atoms with E-state index in [1.54, 1.807) is 6.20 Å². The third-order valence-corrected chi connectivity index (χ3v) is 3.99. The Kier molecular flexibility index (Phi) is 4.93. The molecule has 1 aromatic heterocycles. The van der Waals surface area contributed by atoms with Crippen LogP contribution in [0.1, 0.15) is 22.9 Å². The van der Waals surface area contributed by atoms with Gasteiger partial charge in [-0.3, -0.25) is 16.3 Å². The first-order valence-electron chi connectivity index (χ1n) is 5.93. The quantitative estimate of drug-likeness (QED) is 0.661. The van der Waals surface area contributed by atoms with Crippen LogP contribution in [0.5, 0.6) is 0 Å². The zero-order valence-corrected chi connectivity index (χ0v) is 12.9. The molecular weight excluding hydrogens is 326 g/mol. The minimum atomic E-state index is -0.0546. The summed E-state index contributed by atoms with van der Waals surface area (Å²) in [4.78, 5) is 4.36. The van der Waals surface area contributed by atoms with Gasteiger partial charge in [-0.2, -0.15) is 0 Å². The molecule has 0 fully saturated rings. The molecule has 1 unspecified atom stereocenters. The van der Waals surface area contributed by atoms with Crippen LogP contribution in [0.4, 0.5) is 0 Å². The van der Waals surface area contributed by atoms with Gasteiger partial charge in [-0.05, 0) is 46.1 Å². The molecule has 1 aromatic carbocycles. The molecule has 100 valence electrons. The van der Waals surface area contributed by atoms with Crippen LogP contribution < -0.4 is 11.3 Å². The van der Waals surface area contributed by atoms with Gasteiger partial charge in [0, 0.05) is 27.8 Å². The van der Waals surface area contributed by atoms with Crippen LogP contribution in [0.25, 0.3) is 0 Å². The molecule has 5 heteroatoms. The second-order valence-corrected chi connectivity index (χ2v) is 5.66. The topological polar surface area (TPSA) is 50.9 Å². The number of aromatic nitrogens is 1. The summed E-state index contributed by atoms with van der Waals surface area (Å²) in [6.07, 6.45) is 2.47. The van der Waals surface area contributed by atoms with Gasteiger partial charge in [-0.1, -0.05) is 29.8 Å². The standard InChI is InChI=1S/C14H15BrClN3/c1-9-3-2-4-12(14(9)16)13(19-17)7-11-6-5-10(15)8-18-11/h2-6,8,13,19H,7,17H2,1H3. The van der Waals surface area contributed by atoms with Crippen molar-refractivity contribution in [3.63, 3.8) is 0 Å². The Bertz CT molecular complexity index is 557. The molecule has 0 aliphatic rings. The SMILES string of the molecule is Cc1cccc(C(Cc2ccc(Br)cn2)NN)c1Cl. The van der Waals surface area contributed by atoms with Crippen LogP contribution >= 0.6 is 27.5 Å². The van der Waals surface area contributed by atoms with Crippen molar-refractivity contribution in [1.29, 1.82) is 0 Å². The van der Waals surface area contributed by atoms with E-state index in [-0.39, 0.29) is 6.04 Å². The number of nitrogens with one attached hydrogen (secondary N) is 1. The predicted molar refractivity (Wildman–Crippen MR) is 81.9 cm³/mol. The zero-order valence-electron chi connectivity index (χ0n) is 10.5. The van der Waals surface area contributed by atoms with Crippen molar-refractivity contribution in [2.45, 2.75) is 19.4 Å². The van der Waals surface area contributed by atoms with Gasteiger partial charge in [0.05, 0.1) is 6.04 Å². The number of nitrogens with two attached hydrogens (primary N) is 1. The predicted octanol–water partition coefficient (Wildman–Crippen LogP) is 3.55. The fourth-order valence-electron chi connectivity index (χ4n) is 1.93. The third-order valence-electron chi connectivity index (χ3n) is 3.00. The van der Waals surface area contributed by atoms with Gasteiger partial charge in [0.2, 0.25) is 0 Å². The lowest BCUT2D eigenvalue weighted by Gasteiger charge is -2.18. The molecule has 19 heavy (non-hydrogen) atoms. The molecule has 0 aliphatic carbocycles. The Morgan fingerprint density at radius 3 is 2.79 bits per heavy atom. The van der Waals surface area contributed by atoms with Gasteiger partial charge in [0.25, 0.3) is 0 Å². The highest BCUT2D eigenvalue weighted by Gasteiger charge is 2.15. The summed E-state index contributed by atoms with van der Waals surface area (Å²) in [5.41, 5.74) is 5.81. The Morgan fingerprint density at radius 1 is 1.37 bits per heavy atom. The minimum Gasteiger partial charge on any atom is -0.271 e. The largest absolute Gasteiger partial charge is 0.271 e. The molecular formula is C14H15BrClN3. The average molecular weight is 341 g/mol. The lowest BCUT2D eigenvalue weighted by Crippen LogP contribution is -2.30. The minimum absolute atomic E-state index is 0.0546. The maximum absolute atomic E-state index is 6.33. The number of pyridine rings is 1. The summed E-state index contributed by atoms with van der Waals surface area (Å²) < 4.78 is 0.960. The molecule has 0 saturated heterocycles. The Labute approximate surface area is 126 Å². The van der Waals surface area contributed by atoms with Crippen molar-refractivity contribution in [3.8, 4) is 0 Å². The molecule has 3 nitrogen and oxygen atoms in total. The first-order chi connectivity index (χ1) is 9.11. The van der Waals surface area contributed by atoms with E-state index in [1.165, 1.54) is 0 Å². The summed E-state index contributed by atoms with van der Waals surface area (Å²) in [5, 5.41) is 0.752. The van der Waals surface area contributed by atoms with E-state index in [2.05, 4.69) is 26.3 Å². The number of hydrogen-bond acceptors (Lipinski definition) is 3. The normalized spacial score (nSPS) is 12.4. The van der Waals surface area contributed by atoms with E-state index in [4.69, 9.17) is 17.4 Å². The summed E-state index contributed by atoms with van der Waals surface area (Å²) in [7, 11) is 0. The number of nitrogens with zero attached hydrogens (tertiary/aromatic N) is 1. The summed E-state index contributed by atoms with van der Waals surface area (Å²) in [6.45, 7) is 1.98. The Hall–Kier alpha value is -0.940. The molecule has 0 aliphatic heterocycles. The van der Waals surface area contributed by atoms with Crippen LogP contribution in [0.15, 0.2) is 41.0 Å². The van der Waals surface area contributed by atoms with E-state index in [0.717, 1.165) is 26.3 Å². The van der Waals surface area contributed by atoms with E-state index < -0.39 is 0 Å². The van der Waals surface area contributed by atoms with Gasteiger partial charge in [0.15, 0.2) is 0 Å². The van der Waals surface area contributed by atoms with Crippen molar-refractivity contribution in [2.75, 3.05) is 0 Å². The fourth-order valence-corrected chi connectivity index (χ4v) is 2.43. The maximum atomic E-state index is 6.33. The molecule has 2 aromatic rings. The summed E-state index contributed by atoms with van der Waals surface area (Å²) in [5.74, 6) is 5.66. The van der Waals surface area contributed by atoms with E-state index in [9.17, 15) is 0 Å². The molecule has 1 heterocycles. The van der Waals surface area contributed by atoms with Crippen LogP contribution in [0, 0.1) is 6.92 Å². The number of hydrazine groups is 1. The van der Waals surface area contributed by atoms with E-state index in [1.807, 2.05) is 37.3 Å². The average Bonchev–Trinajstić information content (AvgIpc) is 2.42. The summed E-state index contributed by atoms with van der Waals surface area (Å²) in [6, 6.07) is 9.83. The highest BCUT2D eigenvalue weighted by molar-refractivity contribution is 9.10. The molecule has 0 spiro atoms. The van der Waals surface area contributed by atoms with Crippen molar-refractivity contribution >= 4 is 27.5 Å². The van der Waals surface area contributed by atoms with Crippen molar-refractivity contribution in [2.24, 2.45) is 5.84 Å². The third kappa shape index (κ3) is 3.54. The summed E-state index contributed by atoms with van der Waals surface area (Å²) >= 11 is 9.71. The Morgan fingerprint density at radius 2 is 2.16 bits per heavy atom. The number of rotatable bonds is 4. The molecule has 1 atom stereocenters. The van der Waals surface area contributed by atoms with Crippen LogP contribution in [-0.2, 0) is 6.42 Å². The number of halogens is 2. The van der Waals surface area contributed by atoms with Crippen LogP contribution in [0.3, 0.4) is 0 Å². The molecule has 3 N–H and O–H groups in total. The van der Waals surface area contributed by atoms with Crippen LogP contribution in [-0.4, -0.2) is 4.98 Å². The number of hydrogen-bond donors (Lipinski definition) is 2. The maximum Gasteiger partial charge on any atom is 0.0530 e. The van der Waals surface area contributed by atoms with Crippen LogP contribution in [0.2, 0.25) is 5.02 Å². The van der Waals surface area contributed by atoms with Crippen molar-refractivity contribution < 1.29 is 0 Å². The van der Waals surface area contributed by atoms with E-state index >= 15 is 0 Å². The fraction of sp³-hybridized carbons (Fsp3) is 0.214. The number of benzene rings is 1. The lowest BCUT2D eigenvalue weighted by molar-refractivity contribution is 0.546. The van der Waals surface area contributed by atoms with Gasteiger partial charge < -0.3 is 0 Å². The van der Waals surface area contributed by atoms with Gasteiger partial charge in [-0.15, -0.1) is 0 Å². The second-order valence-electron chi connectivity index (χ2n) is 4.37.